The zero-order valence-electron chi connectivity index (χ0n) is 14.5. The van der Waals surface area contributed by atoms with Crippen LogP contribution in [0.15, 0.2) is 53.5 Å². The smallest absolute Gasteiger partial charge is 0.268 e. The molecule has 0 unspecified atom stereocenters. The summed E-state index contributed by atoms with van der Waals surface area (Å²) in [6.45, 7) is 0. The molecule has 2 amide bonds. The maximum Gasteiger partial charge on any atom is 0.268 e. The predicted octanol–water partition coefficient (Wildman–Crippen LogP) is 3.82. The van der Waals surface area contributed by atoms with E-state index in [9.17, 15) is 9.59 Å². The summed E-state index contributed by atoms with van der Waals surface area (Å²) < 4.78 is 0. The van der Waals surface area contributed by atoms with Gasteiger partial charge in [0.2, 0.25) is 0 Å². The Morgan fingerprint density at radius 3 is 2.54 bits per heavy atom. The minimum atomic E-state index is -0.267. The summed E-state index contributed by atoms with van der Waals surface area (Å²) >= 11 is 1.54. The third-order valence-electron chi connectivity index (χ3n) is 5.41. The standard InChI is InChI=1S/C21H22N2O2S/c24-20(15-5-2-1-3-6-15)23-19(13-17-7-4-10-26-17)21(25)22-18-12-14-8-9-16(18)11-14/h1-7,10,13-14,16,18H,8-9,11-12H2,(H,22,25)(H,23,24)/b19-13-/t14-,16-,18-/m1/s1. The molecule has 2 saturated carbocycles. The van der Waals surface area contributed by atoms with Gasteiger partial charge in [-0.3, -0.25) is 9.59 Å². The van der Waals surface area contributed by atoms with Crippen LogP contribution in [-0.4, -0.2) is 17.9 Å². The minimum absolute atomic E-state index is 0.194. The predicted molar refractivity (Wildman–Crippen MR) is 104 cm³/mol. The van der Waals surface area contributed by atoms with Crippen LogP contribution in [0.3, 0.4) is 0 Å². The maximum atomic E-state index is 12.9. The SMILES string of the molecule is O=C(N[C@@H]1C[C@@H]2CC[C@@H]1C2)/C(=C/c1cccs1)NC(=O)c1ccccc1. The highest BCUT2D eigenvalue weighted by Gasteiger charge is 2.40. The molecule has 0 saturated heterocycles. The first kappa shape index (κ1) is 17.0. The number of carbonyl (C=O) groups excluding carboxylic acids is 2. The number of thiophene rings is 1. The van der Waals surface area contributed by atoms with Crippen LogP contribution in [0.5, 0.6) is 0 Å². The van der Waals surface area contributed by atoms with Gasteiger partial charge in [0.25, 0.3) is 11.8 Å². The van der Waals surface area contributed by atoms with E-state index in [4.69, 9.17) is 0 Å². The van der Waals surface area contributed by atoms with Gasteiger partial charge < -0.3 is 10.6 Å². The Bertz CT molecular complexity index is 814. The Balaban J connectivity index is 1.51. The molecular formula is C21H22N2O2S. The number of benzene rings is 1. The molecule has 4 nitrogen and oxygen atoms in total. The Kier molecular flexibility index (Phi) is 4.89. The number of rotatable bonds is 5. The van der Waals surface area contributed by atoms with E-state index in [1.807, 2.05) is 35.7 Å². The highest BCUT2D eigenvalue weighted by atomic mass is 32.1. The molecule has 2 bridgehead atoms. The molecule has 134 valence electrons. The van der Waals surface area contributed by atoms with Crippen molar-refractivity contribution in [3.05, 3.63) is 64.0 Å². The molecule has 2 fully saturated rings. The van der Waals surface area contributed by atoms with Gasteiger partial charge in [0, 0.05) is 16.5 Å². The number of amides is 2. The van der Waals surface area contributed by atoms with Crippen LogP contribution < -0.4 is 10.6 Å². The van der Waals surface area contributed by atoms with Crippen LogP contribution in [0.1, 0.15) is 40.9 Å². The van der Waals surface area contributed by atoms with Crippen molar-refractivity contribution in [2.45, 2.75) is 31.7 Å². The molecule has 26 heavy (non-hydrogen) atoms. The van der Waals surface area contributed by atoms with Gasteiger partial charge in [0.05, 0.1) is 0 Å². The van der Waals surface area contributed by atoms with E-state index in [-0.39, 0.29) is 17.9 Å². The summed E-state index contributed by atoms with van der Waals surface area (Å²) in [6.07, 6.45) is 6.55. The lowest BCUT2D eigenvalue weighted by Gasteiger charge is -2.23. The van der Waals surface area contributed by atoms with E-state index < -0.39 is 0 Å². The fraction of sp³-hybridized carbons (Fsp3) is 0.333. The summed E-state index contributed by atoms with van der Waals surface area (Å²) in [4.78, 5) is 26.3. The van der Waals surface area contributed by atoms with Crippen LogP contribution >= 0.6 is 11.3 Å². The highest BCUT2D eigenvalue weighted by Crippen LogP contribution is 2.44. The second-order valence-corrected chi connectivity index (χ2v) is 8.13. The molecule has 2 N–H and O–H groups in total. The Hall–Kier alpha value is -2.40. The van der Waals surface area contributed by atoms with Crippen LogP contribution in [0.2, 0.25) is 0 Å². The maximum absolute atomic E-state index is 12.9. The van der Waals surface area contributed by atoms with Crippen molar-refractivity contribution in [2.24, 2.45) is 11.8 Å². The van der Waals surface area contributed by atoms with Gasteiger partial charge in [-0.2, -0.15) is 0 Å². The van der Waals surface area contributed by atoms with Crippen molar-refractivity contribution >= 4 is 29.2 Å². The van der Waals surface area contributed by atoms with E-state index in [2.05, 4.69) is 10.6 Å². The van der Waals surface area contributed by atoms with E-state index in [0.717, 1.165) is 17.2 Å². The molecule has 1 aromatic heterocycles. The molecule has 5 heteroatoms. The van der Waals surface area contributed by atoms with Crippen LogP contribution in [-0.2, 0) is 4.79 Å². The first-order valence-corrected chi connectivity index (χ1v) is 9.99. The fourth-order valence-corrected chi connectivity index (χ4v) is 4.78. The van der Waals surface area contributed by atoms with E-state index >= 15 is 0 Å². The molecule has 4 rings (SSSR count). The average Bonchev–Trinajstić information content (AvgIpc) is 3.40. The topological polar surface area (TPSA) is 58.2 Å². The monoisotopic (exact) mass is 366 g/mol. The highest BCUT2D eigenvalue weighted by molar-refractivity contribution is 7.10. The number of hydrogen-bond acceptors (Lipinski definition) is 3. The molecule has 0 spiro atoms. The van der Waals surface area contributed by atoms with Gasteiger partial charge >= 0.3 is 0 Å². The second-order valence-electron chi connectivity index (χ2n) is 7.15. The van der Waals surface area contributed by atoms with Crippen molar-refractivity contribution in [3.8, 4) is 0 Å². The summed E-state index contributed by atoms with van der Waals surface area (Å²) in [6, 6.07) is 13.1. The number of nitrogens with one attached hydrogen (secondary N) is 2. The summed E-state index contributed by atoms with van der Waals surface area (Å²) in [5, 5.41) is 7.92. The largest absolute Gasteiger partial charge is 0.348 e. The Morgan fingerprint density at radius 1 is 1.04 bits per heavy atom. The molecular weight excluding hydrogens is 344 g/mol. The van der Waals surface area contributed by atoms with Crippen LogP contribution in [0, 0.1) is 11.8 Å². The summed E-state index contributed by atoms with van der Waals surface area (Å²) in [5.41, 5.74) is 0.848. The fourth-order valence-electron chi connectivity index (χ4n) is 4.13. The van der Waals surface area contributed by atoms with Gasteiger partial charge in [0.1, 0.15) is 5.70 Å². The molecule has 3 atom stereocenters. The van der Waals surface area contributed by atoms with Gasteiger partial charge in [-0.05, 0) is 60.8 Å². The van der Waals surface area contributed by atoms with E-state index in [1.54, 1.807) is 18.2 Å². The number of fused-ring (bicyclic) bond motifs is 2. The average molecular weight is 366 g/mol. The molecule has 1 aromatic carbocycles. The summed E-state index contributed by atoms with van der Waals surface area (Å²) in [7, 11) is 0. The zero-order valence-corrected chi connectivity index (χ0v) is 15.3. The van der Waals surface area contributed by atoms with Gasteiger partial charge in [-0.1, -0.05) is 30.7 Å². The summed E-state index contributed by atoms with van der Waals surface area (Å²) in [5.74, 6) is 0.891. The number of hydrogen-bond donors (Lipinski definition) is 2. The van der Waals surface area contributed by atoms with Gasteiger partial charge in [0.15, 0.2) is 0 Å². The molecule has 2 aliphatic rings. The molecule has 0 radical (unpaired) electrons. The second kappa shape index (κ2) is 7.46. The third kappa shape index (κ3) is 3.73. The molecule has 2 aliphatic carbocycles. The number of carbonyl (C=O) groups is 2. The molecule has 0 aliphatic heterocycles. The Morgan fingerprint density at radius 2 is 1.88 bits per heavy atom. The van der Waals surface area contributed by atoms with Crippen molar-refractivity contribution in [2.75, 3.05) is 0 Å². The molecule has 2 aromatic rings. The lowest BCUT2D eigenvalue weighted by molar-refractivity contribution is -0.118. The van der Waals surface area contributed by atoms with Crippen molar-refractivity contribution in [3.63, 3.8) is 0 Å². The van der Waals surface area contributed by atoms with Crippen molar-refractivity contribution < 1.29 is 9.59 Å². The zero-order chi connectivity index (χ0) is 17.9. The van der Waals surface area contributed by atoms with Crippen LogP contribution in [0.25, 0.3) is 6.08 Å². The van der Waals surface area contributed by atoms with E-state index in [0.29, 0.717) is 17.2 Å². The van der Waals surface area contributed by atoms with Crippen molar-refractivity contribution in [1.82, 2.24) is 10.6 Å². The third-order valence-corrected chi connectivity index (χ3v) is 6.23. The lowest BCUT2D eigenvalue weighted by atomic mass is 9.95. The normalized spacial score (nSPS) is 24.5. The quantitative estimate of drug-likeness (QED) is 0.790. The first-order valence-electron chi connectivity index (χ1n) is 9.11. The lowest BCUT2D eigenvalue weighted by Crippen LogP contribution is -2.42. The Labute approximate surface area is 157 Å². The minimum Gasteiger partial charge on any atom is -0.348 e. The first-order chi connectivity index (χ1) is 12.7. The van der Waals surface area contributed by atoms with E-state index in [1.165, 1.54) is 30.6 Å². The van der Waals surface area contributed by atoms with Crippen LogP contribution in [0.4, 0.5) is 0 Å². The van der Waals surface area contributed by atoms with Gasteiger partial charge in [-0.25, -0.2) is 0 Å². The van der Waals surface area contributed by atoms with Gasteiger partial charge in [-0.15, -0.1) is 11.3 Å². The molecule has 1 heterocycles. The van der Waals surface area contributed by atoms with Crippen molar-refractivity contribution in [1.29, 1.82) is 0 Å².